The lowest BCUT2D eigenvalue weighted by Crippen LogP contribution is -2.59. The van der Waals surface area contributed by atoms with Crippen LogP contribution in [0.1, 0.15) is 11.4 Å². The van der Waals surface area contributed by atoms with Gasteiger partial charge < -0.3 is 14.5 Å². The fraction of sp³-hybridized carbons (Fsp3) is 0.500. The van der Waals surface area contributed by atoms with Crippen LogP contribution in [0.15, 0.2) is 28.9 Å². The molecule has 0 saturated carbocycles. The Bertz CT molecular complexity index is 890. The first-order chi connectivity index (χ1) is 14.4. The molecule has 3 rings (SSSR count). The average molecular weight is 419 g/mol. The van der Waals surface area contributed by atoms with E-state index in [0.29, 0.717) is 31.0 Å². The third-order valence-electron chi connectivity index (χ3n) is 5.25. The normalized spacial score (nSPS) is 17.1. The van der Waals surface area contributed by atoms with E-state index in [1.807, 2.05) is 11.9 Å². The maximum absolute atomic E-state index is 13.6. The molecule has 1 aliphatic rings. The summed E-state index contributed by atoms with van der Waals surface area (Å²) < 4.78 is 23.7. The number of amides is 2. The number of carbonyl (C=O) groups is 2. The van der Waals surface area contributed by atoms with Gasteiger partial charge in [0.1, 0.15) is 24.0 Å². The molecule has 1 aromatic carbocycles. The fourth-order valence-electron chi connectivity index (χ4n) is 3.25. The van der Waals surface area contributed by atoms with Crippen LogP contribution in [0.4, 0.5) is 4.39 Å². The second-order valence-corrected chi connectivity index (χ2v) is 7.35. The van der Waals surface area contributed by atoms with Gasteiger partial charge in [0.15, 0.2) is 11.6 Å². The van der Waals surface area contributed by atoms with E-state index in [1.54, 1.807) is 42.0 Å². The summed E-state index contributed by atoms with van der Waals surface area (Å²) in [5.74, 6) is -0.524. The zero-order valence-electron chi connectivity index (χ0n) is 17.4. The number of benzene rings is 1. The minimum atomic E-state index is -0.460. The molecule has 1 aromatic heterocycles. The Labute approximate surface area is 174 Å². The van der Waals surface area contributed by atoms with Crippen molar-refractivity contribution in [2.24, 2.45) is 0 Å². The molecule has 2 amide bonds. The lowest BCUT2D eigenvalue weighted by molar-refractivity contribution is -0.142. The topological polar surface area (TPSA) is 92.0 Å². The van der Waals surface area contributed by atoms with Gasteiger partial charge in [-0.15, -0.1) is 0 Å². The standard InChI is InChI=1S/C20H26FN5O4/c1-14-16(23-30-22-14)12-19(27)26-9-8-24(2)17(13-26)20(28)25(3)10-11-29-18-7-5-4-6-15(18)21/h4-7,17H,8-13H2,1-3H3/t17-/m0/s1. The number of halogens is 1. The van der Waals surface area contributed by atoms with Gasteiger partial charge in [0.25, 0.3) is 0 Å². The van der Waals surface area contributed by atoms with E-state index in [2.05, 4.69) is 14.9 Å². The predicted octanol–water partition coefficient (Wildman–Crippen LogP) is 0.740. The van der Waals surface area contributed by atoms with Gasteiger partial charge in [0, 0.05) is 26.7 Å². The average Bonchev–Trinajstić information content (AvgIpc) is 3.13. The zero-order chi connectivity index (χ0) is 21.7. The molecule has 0 radical (unpaired) electrons. The Balaban J connectivity index is 1.53. The first-order valence-corrected chi connectivity index (χ1v) is 9.75. The molecular formula is C20H26FN5O4. The number of hydrogen-bond acceptors (Lipinski definition) is 7. The Morgan fingerprint density at radius 3 is 2.77 bits per heavy atom. The number of nitrogens with zero attached hydrogens (tertiary/aromatic N) is 5. The summed E-state index contributed by atoms with van der Waals surface area (Å²) >= 11 is 0. The molecule has 0 N–H and O–H groups in total. The summed E-state index contributed by atoms with van der Waals surface area (Å²) in [6.45, 7) is 3.60. The van der Waals surface area contributed by atoms with E-state index >= 15 is 0 Å². The molecule has 1 fully saturated rings. The van der Waals surface area contributed by atoms with Crippen LogP contribution in [0.3, 0.4) is 0 Å². The highest BCUT2D eigenvalue weighted by molar-refractivity contribution is 5.84. The van der Waals surface area contributed by atoms with Crippen molar-refractivity contribution in [3.05, 3.63) is 41.5 Å². The van der Waals surface area contributed by atoms with Gasteiger partial charge in [-0.05, 0) is 26.1 Å². The van der Waals surface area contributed by atoms with Crippen molar-refractivity contribution in [2.75, 3.05) is 46.9 Å². The lowest BCUT2D eigenvalue weighted by atomic mass is 10.1. The third-order valence-corrected chi connectivity index (χ3v) is 5.25. The molecule has 9 nitrogen and oxygen atoms in total. The monoisotopic (exact) mass is 419 g/mol. The van der Waals surface area contributed by atoms with Crippen LogP contribution in [0.5, 0.6) is 5.75 Å². The number of carbonyl (C=O) groups excluding carboxylic acids is 2. The molecule has 0 spiro atoms. The number of aromatic nitrogens is 2. The highest BCUT2D eigenvalue weighted by Gasteiger charge is 2.34. The predicted molar refractivity (Wildman–Crippen MR) is 105 cm³/mol. The van der Waals surface area contributed by atoms with Gasteiger partial charge in [-0.1, -0.05) is 22.4 Å². The van der Waals surface area contributed by atoms with Gasteiger partial charge in [-0.2, -0.15) is 0 Å². The van der Waals surface area contributed by atoms with Crippen molar-refractivity contribution < 1.29 is 23.3 Å². The summed E-state index contributed by atoms with van der Waals surface area (Å²) in [5, 5.41) is 7.44. The maximum atomic E-state index is 13.6. The van der Waals surface area contributed by atoms with E-state index in [-0.39, 0.29) is 37.1 Å². The number of para-hydroxylation sites is 1. The minimum Gasteiger partial charge on any atom is -0.489 e. The van der Waals surface area contributed by atoms with E-state index in [1.165, 1.54) is 6.07 Å². The third kappa shape index (κ3) is 5.12. The highest BCUT2D eigenvalue weighted by Crippen LogP contribution is 2.16. The van der Waals surface area contributed by atoms with Crippen molar-refractivity contribution in [1.82, 2.24) is 25.0 Å². The van der Waals surface area contributed by atoms with Crippen LogP contribution in [-0.4, -0.2) is 89.8 Å². The minimum absolute atomic E-state index is 0.0896. The number of likely N-dealkylation sites (N-methyl/N-ethyl adjacent to an activating group) is 2. The van der Waals surface area contributed by atoms with Gasteiger partial charge in [-0.25, -0.2) is 9.02 Å². The molecule has 2 heterocycles. The number of hydrogen-bond donors (Lipinski definition) is 0. The van der Waals surface area contributed by atoms with E-state index in [9.17, 15) is 14.0 Å². The number of aryl methyl sites for hydroxylation is 1. The summed E-state index contributed by atoms with van der Waals surface area (Å²) in [6.07, 6.45) is 0.0896. The molecule has 1 saturated heterocycles. The zero-order valence-corrected chi connectivity index (χ0v) is 17.4. The quantitative estimate of drug-likeness (QED) is 0.654. The number of piperazine rings is 1. The summed E-state index contributed by atoms with van der Waals surface area (Å²) in [5.41, 5.74) is 1.09. The van der Waals surface area contributed by atoms with Crippen LogP contribution < -0.4 is 4.74 Å². The first kappa shape index (κ1) is 21.7. The molecular weight excluding hydrogens is 393 g/mol. The molecule has 0 aliphatic carbocycles. The van der Waals surface area contributed by atoms with Gasteiger partial charge in [0.2, 0.25) is 11.8 Å². The Morgan fingerprint density at radius 2 is 2.07 bits per heavy atom. The van der Waals surface area contributed by atoms with E-state index in [0.717, 1.165) is 0 Å². The smallest absolute Gasteiger partial charge is 0.241 e. The Morgan fingerprint density at radius 1 is 1.30 bits per heavy atom. The van der Waals surface area contributed by atoms with Crippen molar-refractivity contribution in [3.8, 4) is 5.75 Å². The van der Waals surface area contributed by atoms with Crippen molar-refractivity contribution in [1.29, 1.82) is 0 Å². The molecule has 10 heteroatoms. The molecule has 1 atom stereocenters. The fourth-order valence-corrected chi connectivity index (χ4v) is 3.25. The van der Waals surface area contributed by atoms with Crippen LogP contribution in [0.25, 0.3) is 0 Å². The van der Waals surface area contributed by atoms with Crippen molar-refractivity contribution in [2.45, 2.75) is 19.4 Å². The van der Waals surface area contributed by atoms with Crippen LogP contribution in [-0.2, 0) is 16.0 Å². The van der Waals surface area contributed by atoms with E-state index < -0.39 is 11.9 Å². The lowest BCUT2D eigenvalue weighted by Gasteiger charge is -2.40. The molecule has 2 aromatic rings. The van der Waals surface area contributed by atoms with Crippen molar-refractivity contribution >= 4 is 11.8 Å². The molecule has 162 valence electrons. The van der Waals surface area contributed by atoms with Crippen LogP contribution in [0.2, 0.25) is 0 Å². The second kappa shape index (κ2) is 9.66. The van der Waals surface area contributed by atoms with E-state index in [4.69, 9.17) is 4.74 Å². The van der Waals surface area contributed by atoms with Gasteiger partial charge in [0.05, 0.1) is 13.0 Å². The number of ether oxygens (including phenoxy) is 1. The molecule has 0 bridgehead atoms. The summed E-state index contributed by atoms with van der Waals surface area (Å²) in [6, 6.07) is 5.68. The Hall–Kier alpha value is -3.01. The van der Waals surface area contributed by atoms with Crippen LogP contribution >= 0.6 is 0 Å². The van der Waals surface area contributed by atoms with Gasteiger partial charge >= 0.3 is 0 Å². The molecule has 30 heavy (non-hydrogen) atoms. The highest BCUT2D eigenvalue weighted by atomic mass is 19.1. The second-order valence-electron chi connectivity index (χ2n) is 7.35. The Kier molecular flexibility index (Phi) is 6.99. The molecule has 1 aliphatic heterocycles. The molecule has 0 unspecified atom stereocenters. The van der Waals surface area contributed by atoms with Crippen LogP contribution in [0, 0.1) is 12.7 Å². The maximum Gasteiger partial charge on any atom is 0.241 e. The van der Waals surface area contributed by atoms with Crippen molar-refractivity contribution in [3.63, 3.8) is 0 Å². The van der Waals surface area contributed by atoms with Gasteiger partial charge in [-0.3, -0.25) is 14.5 Å². The SMILES string of the molecule is Cc1nonc1CC(=O)N1CCN(C)[C@H](C(=O)N(C)CCOc2ccccc2F)C1. The first-order valence-electron chi connectivity index (χ1n) is 9.75. The summed E-state index contributed by atoms with van der Waals surface area (Å²) in [4.78, 5) is 30.7. The largest absolute Gasteiger partial charge is 0.489 e. The number of rotatable bonds is 7. The summed E-state index contributed by atoms with van der Waals surface area (Å²) in [7, 11) is 3.53.